The van der Waals surface area contributed by atoms with Gasteiger partial charge in [-0.05, 0) is 32.3 Å². The van der Waals surface area contributed by atoms with E-state index in [4.69, 9.17) is 4.52 Å². The first-order valence-electron chi connectivity index (χ1n) is 7.30. The lowest BCUT2D eigenvalue weighted by molar-refractivity contribution is 0.190. The Morgan fingerprint density at radius 1 is 1.42 bits per heavy atom. The number of hydrogen-bond acceptors (Lipinski definition) is 7. The summed E-state index contributed by atoms with van der Waals surface area (Å²) < 4.78 is 31.4. The standard InChI is InChI=1S/C14H19N5O3S.ClH/c1-15-23(20,21)11-5-3-4-10(8-11)14-17-13(18-22-14)12-9-16-6-7-19(12)2;/h3-5,8,12,15-16H,6-7,9H2,1-2H3;1H. The maximum atomic E-state index is 11.9. The molecule has 1 unspecified atom stereocenters. The summed E-state index contributed by atoms with van der Waals surface area (Å²) in [6, 6.07) is 6.48. The van der Waals surface area contributed by atoms with E-state index in [0.29, 0.717) is 17.3 Å². The van der Waals surface area contributed by atoms with Gasteiger partial charge in [0.15, 0.2) is 5.82 Å². The minimum absolute atomic E-state index is 0. The van der Waals surface area contributed by atoms with Crippen molar-refractivity contribution in [3.63, 3.8) is 0 Å². The fourth-order valence-corrected chi connectivity index (χ4v) is 3.27. The first-order chi connectivity index (χ1) is 11.0. The average Bonchev–Trinajstić information content (AvgIpc) is 3.05. The Morgan fingerprint density at radius 2 is 2.21 bits per heavy atom. The van der Waals surface area contributed by atoms with Crippen LogP contribution < -0.4 is 10.0 Å². The Balaban J connectivity index is 0.00000208. The van der Waals surface area contributed by atoms with Gasteiger partial charge in [-0.3, -0.25) is 4.90 Å². The number of nitrogens with zero attached hydrogens (tertiary/aromatic N) is 3. The molecule has 1 fully saturated rings. The summed E-state index contributed by atoms with van der Waals surface area (Å²) in [7, 11) is -0.120. The molecule has 0 saturated carbocycles. The van der Waals surface area contributed by atoms with Gasteiger partial charge in [0.25, 0.3) is 5.89 Å². The first-order valence-corrected chi connectivity index (χ1v) is 8.78. The third-order valence-electron chi connectivity index (χ3n) is 3.91. The summed E-state index contributed by atoms with van der Waals surface area (Å²) in [5.74, 6) is 0.906. The van der Waals surface area contributed by atoms with Crippen LogP contribution in [-0.2, 0) is 10.0 Å². The molecule has 2 N–H and O–H groups in total. The van der Waals surface area contributed by atoms with Gasteiger partial charge in [0, 0.05) is 25.2 Å². The number of piperazine rings is 1. The molecule has 1 aromatic carbocycles. The van der Waals surface area contributed by atoms with Crippen molar-refractivity contribution in [2.24, 2.45) is 0 Å². The van der Waals surface area contributed by atoms with Crippen molar-refractivity contribution >= 4 is 22.4 Å². The van der Waals surface area contributed by atoms with E-state index in [-0.39, 0.29) is 23.3 Å². The molecule has 0 amide bonds. The molecule has 0 radical (unpaired) electrons. The summed E-state index contributed by atoms with van der Waals surface area (Å²) in [4.78, 5) is 6.75. The van der Waals surface area contributed by atoms with E-state index in [2.05, 4.69) is 25.1 Å². The minimum Gasteiger partial charge on any atom is -0.334 e. The first kappa shape index (κ1) is 18.8. The second-order valence-corrected chi connectivity index (χ2v) is 7.28. The molecule has 1 aromatic heterocycles. The fourth-order valence-electron chi connectivity index (χ4n) is 2.50. The second-order valence-electron chi connectivity index (χ2n) is 5.39. The lowest BCUT2D eigenvalue weighted by atomic mass is 10.2. The van der Waals surface area contributed by atoms with Crippen LogP contribution in [0.3, 0.4) is 0 Å². The lowest BCUT2D eigenvalue weighted by Gasteiger charge is -2.30. The van der Waals surface area contributed by atoms with Crippen molar-refractivity contribution in [2.75, 3.05) is 33.7 Å². The number of benzene rings is 1. The highest BCUT2D eigenvalue weighted by Crippen LogP contribution is 2.24. The quantitative estimate of drug-likeness (QED) is 0.811. The van der Waals surface area contributed by atoms with Crippen LogP contribution in [0.15, 0.2) is 33.7 Å². The van der Waals surface area contributed by atoms with Gasteiger partial charge >= 0.3 is 0 Å². The van der Waals surface area contributed by atoms with Gasteiger partial charge in [0.05, 0.1) is 10.9 Å². The molecular weight excluding hydrogens is 354 g/mol. The maximum absolute atomic E-state index is 11.9. The van der Waals surface area contributed by atoms with Crippen molar-refractivity contribution < 1.29 is 12.9 Å². The van der Waals surface area contributed by atoms with Crippen molar-refractivity contribution in [1.29, 1.82) is 0 Å². The van der Waals surface area contributed by atoms with Crippen LogP contribution in [0, 0.1) is 0 Å². The van der Waals surface area contributed by atoms with Crippen LogP contribution in [0.1, 0.15) is 11.9 Å². The zero-order chi connectivity index (χ0) is 16.4. The largest absolute Gasteiger partial charge is 0.334 e. The van der Waals surface area contributed by atoms with E-state index in [1.54, 1.807) is 12.1 Å². The van der Waals surface area contributed by atoms with Gasteiger partial charge in [-0.25, -0.2) is 13.1 Å². The molecule has 0 spiro atoms. The highest BCUT2D eigenvalue weighted by Gasteiger charge is 2.25. The summed E-state index contributed by atoms with van der Waals surface area (Å²) in [5.41, 5.74) is 0.575. The molecule has 132 valence electrons. The molecule has 1 aliphatic heterocycles. The van der Waals surface area contributed by atoms with E-state index in [9.17, 15) is 8.42 Å². The van der Waals surface area contributed by atoms with Crippen molar-refractivity contribution in [2.45, 2.75) is 10.9 Å². The molecule has 8 nitrogen and oxygen atoms in total. The Labute approximate surface area is 147 Å². The highest BCUT2D eigenvalue weighted by molar-refractivity contribution is 7.89. The summed E-state index contributed by atoms with van der Waals surface area (Å²) >= 11 is 0. The van der Waals surface area contributed by atoms with Gasteiger partial charge in [-0.15, -0.1) is 12.4 Å². The molecule has 24 heavy (non-hydrogen) atoms. The van der Waals surface area contributed by atoms with Crippen LogP contribution in [0.2, 0.25) is 0 Å². The Morgan fingerprint density at radius 3 is 2.92 bits per heavy atom. The lowest BCUT2D eigenvalue weighted by Crippen LogP contribution is -2.44. The van der Waals surface area contributed by atoms with E-state index < -0.39 is 10.0 Å². The van der Waals surface area contributed by atoms with Crippen molar-refractivity contribution in [3.05, 3.63) is 30.1 Å². The minimum atomic E-state index is -3.51. The summed E-state index contributed by atoms with van der Waals surface area (Å²) in [6.45, 7) is 2.59. The zero-order valence-corrected chi connectivity index (χ0v) is 15.0. The number of likely N-dealkylation sites (N-methyl/N-ethyl adjacent to an activating group) is 1. The van der Waals surface area contributed by atoms with Crippen LogP contribution >= 0.6 is 12.4 Å². The molecule has 1 atom stereocenters. The van der Waals surface area contributed by atoms with Crippen LogP contribution in [0.25, 0.3) is 11.5 Å². The highest BCUT2D eigenvalue weighted by atomic mass is 35.5. The van der Waals surface area contributed by atoms with E-state index >= 15 is 0 Å². The predicted octanol–water partition coefficient (Wildman–Crippen LogP) is 0.643. The van der Waals surface area contributed by atoms with E-state index in [0.717, 1.165) is 19.6 Å². The molecule has 0 aliphatic carbocycles. The predicted molar refractivity (Wildman–Crippen MR) is 91.5 cm³/mol. The molecule has 0 bridgehead atoms. The van der Waals surface area contributed by atoms with Gasteiger partial charge in [-0.1, -0.05) is 11.2 Å². The van der Waals surface area contributed by atoms with E-state index in [1.165, 1.54) is 19.2 Å². The molecule has 2 heterocycles. The van der Waals surface area contributed by atoms with Gasteiger partial charge in [0.2, 0.25) is 10.0 Å². The van der Waals surface area contributed by atoms with Gasteiger partial charge in [0.1, 0.15) is 0 Å². The van der Waals surface area contributed by atoms with Crippen molar-refractivity contribution in [1.82, 2.24) is 25.1 Å². The zero-order valence-electron chi connectivity index (χ0n) is 13.4. The Kier molecular flexibility index (Phi) is 5.94. The maximum Gasteiger partial charge on any atom is 0.258 e. The number of rotatable bonds is 4. The molecule has 1 aliphatic rings. The number of halogens is 1. The third kappa shape index (κ3) is 3.76. The molecule has 3 rings (SSSR count). The van der Waals surface area contributed by atoms with Crippen LogP contribution in [-0.4, -0.2) is 57.2 Å². The summed E-state index contributed by atoms with van der Waals surface area (Å²) in [5, 5.41) is 7.34. The fraction of sp³-hybridized carbons (Fsp3) is 0.429. The van der Waals surface area contributed by atoms with Gasteiger partial charge < -0.3 is 9.84 Å². The Hall–Kier alpha value is -1.52. The SMILES string of the molecule is CNS(=O)(=O)c1cccc(-c2nc(C3CNCCN3C)no2)c1.Cl. The Bertz CT molecular complexity index is 795. The van der Waals surface area contributed by atoms with Crippen LogP contribution in [0.4, 0.5) is 0 Å². The molecule has 2 aromatic rings. The van der Waals surface area contributed by atoms with E-state index in [1.807, 2.05) is 7.05 Å². The number of nitrogens with one attached hydrogen (secondary N) is 2. The average molecular weight is 374 g/mol. The smallest absolute Gasteiger partial charge is 0.258 e. The number of sulfonamides is 1. The number of aromatic nitrogens is 2. The third-order valence-corrected chi connectivity index (χ3v) is 5.32. The topological polar surface area (TPSA) is 100 Å². The molecule has 1 saturated heterocycles. The normalized spacial score (nSPS) is 19.0. The monoisotopic (exact) mass is 373 g/mol. The number of hydrogen-bond donors (Lipinski definition) is 2. The molecular formula is C14H20ClN5O3S. The van der Waals surface area contributed by atoms with Crippen molar-refractivity contribution in [3.8, 4) is 11.5 Å². The molecule has 10 heteroatoms. The van der Waals surface area contributed by atoms with Crippen LogP contribution in [0.5, 0.6) is 0 Å². The second kappa shape index (κ2) is 7.58. The van der Waals surface area contributed by atoms with Gasteiger partial charge in [-0.2, -0.15) is 4.98 Å². The summed E-state index contributed by atoms with van der Waals surface area (Å²) in [6.07, 6.45) is 0.